The molecule has 6 unspecified atom stereocenters. The summed E-state index contributed by atoms with van der Waals surface area (Å²) in [7, 11) is 6.74. The van der Waals surface area contributed by atoms with E-state index >= 15 is 0 Å². The van der Waals surface area contributed by atoms with Crippen molar-refractivity contribution < 1.29 is 18.9 Å². The van der Waals surface area contributed by atoms with E-state index in [4.69, 9.17) is 18.9 Å². The van der Waals surface area contributed by atoms with E-state index in [-0.39, 0.29) is 29.2 Å². The summed E-state index contributed by atoms with van der Waals surface area (Å²) in [5, 5.41) is 0. The minimum absolute atomic E-state index is 0.00530. The van der Waals surface area contributed by atoms with Gasteiger partial charge in [0.15, 0.2) is 0 Å². The Labute approximate surface area is 106 Å². The second-order valence-electron chi connectivity index (χ2n) is 4.10. The third kappa shape index (κ3) is 2.43. The van der Waals surface area contributed by atoms with Crippen LogP contribution in [0.1, 0.15) is 6.92 Å². The lowest BCUT2D eigenvalue weighted by atomic mass is 9.81. The monoisotopic (exact) mass is 296 g/mol. The van der Waals surface area contributed by atoms with Crippen molar-refractivity contribution in [3.05, 3.63) is 0 Å². The predicted molar refractivity (Wildman–Crippen MR) is 65.1 cm³/mol. The highest BCUT2D eigenvalue weighted by Crippen LogP contribution is 2.36. The zero-order chi connectivity index (χ0) is 12.3. The third-order valence-corrected chi connectivity index (χ3v) is 4.75. The SMILES string of the molecule is COC1C(C)C(Br)C(OC)C(OC)C1OC. The molecule has 0 bridgehead atoms. The van der Waals surface area contributed by atoms with Crippen molar-refractivity contribution in [1.29, 1.82) is 0 Å². The molecule has 1 aliphatic carbocycles. The van der Waals surface area contributed by atoms with E-state index in [1.807, 2.05) is 0 Å². The Hall–Kier alpha value is 0.320. The molecule has 0 aromatic carbocycles. The fourth-order valence-corrected chi connectivity index (χ4v) is 3.30. The number of hydrogen-bond acceptors (Lipinski definition) is 4. The van der Waals surface area contributed by atoms with Crippen LogP contribution >= 0.6 is 15.9 Å². The van der Waals surface area contributed by atoms with Gasteiger partial charge < -0.3 is 18.9 Å². The minimum Gasteiger partial charge on any atom is -0.378 e. The van der Waals surface area contributed by atoms with Gasteiger partial charge in [-0.05, 0) is 0 Å². The molecule has 96 valence electrons. The summed E-state index contributed by atoms with van der Waals surface area (Å²) in [6.07, 6.45) is -0.258. The van der Waals surface area contributed by atoms with E-state index in [0.29, 0.717) is 5.92 Å². The van der Waals surface area contributed by atoms with E-state index in [2.05, 4.69) is 22.9 Å². The Morgan fingerprint density at radius 2 is 1.06 bits per heavy atom. The number of methoxy groups -OCH3 is 4. The number of hydrogen-bond donors (Lipinski definition) is 0. The molecular weight excluding hydrogens is 276 g/mol. The third-order valence-electron chi connectivity index (χ3n) is 3.39. The van der Waals surface area contributed by atoms with Gasteiger partial charge in [0, 0.05) is 39.2 Å². The van der Waals surface area contributed by atoms with Gasteiger partial charge in [-0.3, -0.25) is 0 Å². The fraction of sp³-hybridized carbons (Fsp3) is 1.00. The van der Waals surface area contributed by atoms with Gasteiger partial charge in [-0.2, -0.15) is 0 Å². The van der Waals surface area contributed by atoms with Gasteiger partial charge in [0.25, 0.3) is 0 Å². The summed E-state index contributed by atoms with van der Waals surface area (Å²) in [5.41, 5.74) is 0. The summed E-state index contributed by atoms with van der Waals surface area (Å²) in [6.45, 7) is 2.12. The first kappa shape index (κ1) is 14.4. The van der Waals surface area contributed by atoms with E-state index in [0.717, 1.165) is 0 Å². The summed E-state index contributed by atoms with van der Waals surface area (Å²) < 4.78 is 22.0. The number of rotatable bonds is 4. The second kappa shape index (κ2) is 6.31. The van der Waals surface area contributed by atoms with Crippen molar-refractivity contribution in [1.82, 2.24) is 0 Å². The topological polar surface area (TPSA) is 36.9 Å². The van der Waals surface area contributed by atoms with Crippen LogP contribution in [0, 0.1) is 5.92 Å². The molecule has 0 heterocycles. The van der Waals surface area contributed by atoms with Crippen molar-refractivity contribution in [3.8, 4) is 0 Å². The molecule has 0 radical (unpaired) electrons. The van der Waals surface area contributed by atoms with Crippen LogP contribution in [-0.2, 0) is 18.9 Å². The van der Waals surface area contributed by atoms with Gasteiger partial charge >= 0.3 is 0 Å². The molecule has 0 N–H and O–H groups in total. The molecule has 0 aromatic heterocycles. The van der Waals surface area contributed by atoms with E-state index in [9.17, 15) is 0 Å². The Balaban J connectivity index is 2.94. The molecule has 0 saturated heterocycles. The number of halogens is 1. The van der Waals surface area contributed by atoms with Gasteiger partial charge in [-0.1, -0.05) is 22.9 Å². The standard InChI is InChI=1S/C11H21BrO4/c1-6-7(12)9(14-3)11(16-5)10(15-4)8(6)13-2/h6-11H,1-5H3. The molecule has 1 saturated carbocycles. The summed E-state index contributed by atoms with van der Waals surface area (Å²) in [6, 6.07) is 0. The Kier molecular flexibility index (Phi) is 5.67. The highest BCUT2D eigenvalue weighted by molar-refractivity contribution is 9.09. The van der Waals surface area contributed by atoms with Crippen LogP contribution in [-0.4, -0.2) is 57.7 Å². The Morgan fingerprint density at radius 3 is 1.44 bits per heavy atom. The normalized spacial score (nSPS) is 44.6. The number of ether oxygens (including phenoxy) is 4. The first-order valence-corrected chi connectivity index (χ1v) is 6.29. The molecule has 4 nitrogen and oxygen atoms in total. The van der Waals surface area contributed by atoms with Gasteiger partial charge in [-0.15, -0.1) is 0 Å². The van der Waals surface area contributed by atoms with Gasteiger partial charge in [0.1, 0.15) is 12.2 Å². The van der Waals surface area contributed by atoms with Crippen molar-refractivity contribution >= 4 is 15.9 Å². The summed E-state index contributed by atoms with van der Waals surface area (Å²) in [4.78, 5) is 0.193. The molecule has 6 atom stereocenters. The average molecular weight is 297 g/mol. The van der Waals surface area contributed by atoms with E-state index < -0.39 is 0 Å². The quantitative estimate of drug-likeness (QED) is 0.736. The Morgan fingerprint density at radius 1 is 0.688 bits per heavy atom. The average Bonchev–Trinajstić information content (AvgIpc) is 2.31. The molecule has 1 fully saturated rings. The van der Waals surface area contributed by atoms with Crippen molar-refractivity contribution in [2.75, 3.05) is 28.4 Å². The van der Waals surface area contributed by atoms with Gasteiger partial charge in [0.2, 0.25) is 0 Å². The molecule has 0 aromatic rings. The van der Waals surface area contributed by atoms with Crippen LogP contribution in [0.4, 0.5) is 0 Å². The van der Waals surface area contributed by atoms with Gasteiger partial charge in [-0.25, -0.2) is 0 Å². The molecule has 16 heavy (non-hydrogen) atoms. The molecule has 5 heteroatoms. The molecule has 0 aliphatic heterocycles. The zero-order valence-corrected chi connectivity index (χ0v) is 12.1. The smallest absolute Gasteiger partial charge is 0.113 e. The van der Waals surface area contributed by atoms with Crippen LogP contribution in [0.25, 0.3) is 0 Å². The fourth-order valence-electron chi connectivity index (χ4n) is 2.48. The van der Waals surface area contributed by atoms with Crippen molar-refractivity contribution in [2.45, 2.75) is 36.2 Å². The van der Waals surface area contributed by atoms with E-state index in [1.165, 1.54) is 0 Å². The molecule has 0 spiro atoms. The summed E-state index contributed by atoms with van der Waals surface area (Å²) in [5.74, 6) is 0.298. The maximum absolute atomic E-state index is 5.51. The minimum atomic E-state index is -0.125. The molecule has 1 rings (SSSR count). The largest absolute Gasteiger partial charge is 0.378 e. The second-order valence-corrected chi connectivity index (χ2v) is 5.16. The zero-order valence-electron chi connectivity index (χ0n) is 10.5. The highest BCUT2D eigenvalue weighted by Gasteiger charge is 2.49. The van der Waals surface area contributed by atoms with Crippen LogP contribution in [0.15, 0.2) is 0 Å². The van der Waals surface area contributed by atoms with Crippen LogP contribution in [0.5, 0.6) is 0 Å². The van der Waals surface area contributed by atoms with E-state index in [1.54, 1.807) is 28.4 Å². The van der Waals surface area contributed by atoms with Gasteiger partial charge in [0.05, 0.1) is 12.2 Å². The summed E-state index contributed by atoms with van der Waals surface area (Å²) >= 11 is 3.66. The molecular formula is C11H21BrO4. The van der Waals surface area contributed by atoms with Crippen molar-refractivity contribution in [2.24, 2.45) is 5.92 Å². The van der Waals surface area contributed by atoms with Crippen LogP contribution < -0.4 is 0 Å². The lowest BCUT2D eigenvalue weighted by molar-refractivity contribution is -0.187. The predicted octanol–water partition coefficient (Wildman–Crippen LogP) is 1.46. The van der Waals surface area contributed by atoms with Crippen LogP contribution in [0.2, 0.25) is 0 Å². The first-order chi connectivity index (χ1) is 7.62. The maximum Gasteiger partial charge on any atom is 0.113 e. The van der Waals surface area contributed by atoms with Crippen LogP contribution in [0.3, 0.4) is 0 Å². The lowest BCUT2D eigenvalue weighted by Gasteiger charge is -2.46. The lowest BCUT2D eigenvalue weighted by Crippen LogP contribution is -2.60. The highest BCUT2D eigenvalue weighted by atomic mass is 79.9. The molecule has 1 aliphatic rings. The number of alkyl halides is 1. The maximum atomic E-state index is 5.51. The first-order valence-electron chi connectivity index (χ1n) is 5.37. The molecule has 0 amide bonds. The van der Waals surface area contributed by atoms with Crippen molar-refractivity contribution in [3.63, 3.8) is 0 Å². The Bertz CT molecular complexity index is 192.